The lowest BCUT2D eigenvalue weighted by molar-refractivity contribution is 0.324. The van der Waals surface area contributed by atoms with Crippen molar-refractivity contribution in [3.05, 3.63) is 54.4 Å². The summed E-state index contributed by atoms with van der Waals surface area (Å²) in [4.78, 5) is 6.70. The highest BCUT2D eigenvalue weighted by Crippen LogP contribution is 2.41. The number of nitrogens with zero attached hydrogens (tertiary/aromatic N) is 2. The molecule has 0 unspecified atom stereocenters. The summed E-state index contributed by atoms with van der Waals surface area (Å²) in [5.74, 6) is 2.15. The van der Waals surface area contributed by atoms with Gasteiger partial charge < -0.3 is 23.5 Å². The maximum absolute atomic E-state index is 5.67. The molecule has 0 aliphatic rings. The zero-order chi connectivity index (χ0) is 18.5. The van der Waals surface area contributed by atoms with Crippen molar-refractivity contribution in [2.75, 3.05) is 33.3 Å². The van der Waals surface area contributed by atoms with E-state index in [0.717, 1.165) is 16.9 Å². The van der Waals surface area contributed by atoms with E-state index in [1.54, 1.807) is 27.6 Å². The molecule has 0 saturated heterocycles. The van der Waals surface area contributed by atoms with Crippen LogP contribution in [0.25, 0.3) is 11.5 Å². The van der Waals surface area contributed by atoms with Crippen molar-refractivity contribution < 1.29 is 18.6 Å². The molecule has 0 saturated carbocycles. The van der Waals surface area contributed by atoms with E-state index in [0.29, 0.717) is 29.7 Å². The molecule has 2 aromatic carbocycles. The Balaban J connectivity index is 1.85. The van der Waals surface area contributed by atoms with E-state index < -0.39 is 0 Å². The van der Waals surface area contributed by atoms with Gasteiger partial charge in [-0.25, -0.2) is 4.98 Å². The molecule has 136 valence electrons. The molecule has 26 heavy (non-hydrogen) atoms. The van der Waals surface area contributed by atoms with E-state index >= 15 is 0 Å². The molecule has 0 bridgehead atoms. The Bertz CT molecular complexity index is 836. The molecule has 0 fully saturated rings. The van der Waals surface area contributed by atoms with Gasteiger partial charge in [0.2, 0.25) is 11.6 Å². The second-order valence-corrected chi connectivity index (χ2v) is 5.75. The van der Waals surface area contributed by atoms with Gasteiger partial charge in [-0.1, -0.05) is 18.2 Å². The van der Waals surface area contributed by atoms with Crippen LogP contribution in [0.15, 0.2) is 53.1 Å². The van der Waals surface area contributed by atoms with Gasteiger partial charge in [-0.05, 0) is 24.3 Å². The highest BCUT2D eigenvalue weighted by Gasteiger charge is 2.17. The maximum atomic E-state index is 5.67. The fraction of sp³-hybridized carbons (Fsp3) is 0.250. The van der Waals surface area contributed by atoms with Crippen molar-refractivity contribution in [3.8, 4) is 28.7 Å². The summed E-state index contributed by atoms with van der Waals surface area (Å²) >= 11 is 0. The van der Waals surface area contributed by atoms with Gasteiger partial charge in [-0.2, -0.15) is 0 Å². The molecular weight excluding hydrogens is 332 g/mol. The minimum Gasteiger partial charge on any atom is -0.493 e. The average Bonchev–Trinajstić information content (AvgIpc) is 3.15. The van der Waals surface area contributed by atoms with Crippen LogP contribution in [0, 0.1) is 0 Å². The summed E-state index contributed by atoms with van der Waals surface area (Å²) in [6.07, 6.45) is 1.66. The Labute approximate surface area is 152 Å². The molecule has 0 spiro atoms. The van der Waals surface area contributed by atoms with Gasteiger partial charge in [0.15, 0.2) is 11.5 Å². The van der Waals surface area contributed by atoms with Crippen LogP contribution in [0.2, 0.25) is 0 Å². The van der Waals surface area contributed by atoms with Gasteiger partial charge in [0.25, 0.3) is 0 Å². The number of para-hydroxylation sites is 1. The molecule has 6 nitrogen and oxygen atoms in total. The molecule has 3 aromatic rings. The smallest absolute Gasteiger partial charge is 0.226 e. The van der Waals surface area contributed by atoms with Gasteiger partial charge in [0.05, 0.1) is 33.6 Å². The molecule has 0 aliphatic heterocycles. The highest BCUT2D eigenvalue weighted by molar-refractivity contribution is 5.66. The summed E-state index contributed by atoms with van der Waals surface area (Å²) in [5.41, 5.74) is 2.71. The monoisotopic (exact) mass is 354 g/mol. The normalized spacial score (nSPS) is 10.5. The van der Waals surface area contributed by atoms with E-state index in [-0.39, 0.29) is 0 Å². The second kappa shape index (κ2) is 7.82. The van der Waals surface area contributed by atoms with Gasteiger partial charge in [-0.15, -0.1) is 0 Å². The average molecular weight is 354 g/mol. The first-order chi connectivity index (χ1) is 12.7. The summed E-state index contributed by atoms with van der Waals surface area (Å²) in [6, 6.07) is 13.8. The minimum atomic E-state index is 0.501. The number of aromatic nitrogens is 1. The van der Waals surface area contributed by atoms with Crippen LogP contribution in [0.3, 0.4) is 0 Å². The number of methoxy groups -OCH3 is 3. The Kier molecular flexibility index (Phi) is 5.31. The number of anilines is 1. The number of hydrogen-bond acceptors (Lipinski definition) is 6. The van der Waals surface area contributed by atoms with Crippen molar-refractivity contribution in [3.63, 3.8) is 0 Å². The van der Waals surface area contributed by atoms with Crippen LogP contribution in [-0.2, 0) is 6.54 Å². The number of benzene rings is 2. The molecule has 3 rings (SSSR count). The Morgan fingerprint density at radius 1 is 0.962 bits per heavy atom. The number of hydrogen-bond donors (Lipinski definition) is 0. The summed E-state index contributed by atoms with van der Waals surface area (Å²) < 4.78 is 21.8. The molecule has 0 aliphatic carbocycles. The fourth-order valence-electron chi connectivity index (χ4n) is 2.73. The topological polar surface area (TPSA) is 57.0 Å². The largest absolute Gasteiger partial charge is 0.493 e. The van der Waals surface area contributed by atoms with Gasteiger partial charge in [0.1, 0.15) is 6.26 Å². The third-order valence-corrected chi connectivity index (χ3v) is 4.06. The first-order valence-corrected chi connectivity index (χ1v) is 8.17. The maximum Gasteiger partial charge on any atom is 0.226 e. The van der Waals surface area contributed by atoms with Crippen LogP contribution < -0.4 is 19.1 Å². The zero-order valence-corrected chi connectivity index (χ0v) is 15.4. The van der Waals surface area contributed by atoms with E-state index in [1.807, 2.05) is 37.4 Å². The third-order valence-electron chi connectivity index (χ3n) is 4.06. The Morgan fingerprint density at radius 2 is 1.62 bits per heavy atom. The first kappa shape index (κ1) is 17.7. The van der Waals surface area contributed by atoms with E-state index in [2.05, 4.69) is 22.0 Å². The number of rotatable bonds is 7. The minimum absolute atomic E-state index is 0.501. The molecule has 0 N–H and O–H groups in total. The third kappa shape index (κ3) is 3.59. The number of ether oxygens (including phenoxy) is 3. The molecular formula is C20H22N2O4. The van der Waals surface area contributed by atoms with Crippen molar-refractivity contribution in [2.45, 2.75) is 6.54 Å². The predicted molar refractivity (Wildman–Crippen MR) is 100 cm³/mol. The zero-order valence-electron chi connectivity index (χ0n) is 15.4. The predicted octanol–water partition coefficient (Wildman–Crippen LogP) is 4.00. The van der Waals surface area contributed by atoms with Crippen molar-refractivity contribution in [2.24, 2.45) is 0 Å². The number of oxazole rings is 1. The van der Waals surface area contributed by atoms with E-state index in [9.17, 15) is 0 Å². The molecule has 0 radical (unpaired) electrons. The summed E-state index contributed by atoms with van der Waals surface area (Å²) in [6.45, 7) is 0.637. The van der Waals surface area contributed by atoms with Crippen LogP contribution in [-0.4, -0.2) is 33.4 Å². The molecule has 6 heteroatoms. The van der Waals surface area contributed by atoms with Crippen molar-refractivity contribution >= 4 is 5.69 Å². The van der Waals surface area contributed by atoms with Crippen LogP contribution in [0.4, 0.5) is 5.69 Å². The fourth-order valence-corrected chi connectivity index (χ4v) is 2.73. The van der Waals surface area contributed by atoms with Gasteiger partial charge >= 0.3 is 0 Å². The summed E-state index contributed by atoms with van der Waals surface area (Å²) in [7, 11) is 6.75. The lowest BCUT2D eigenvalue weighted by atomic mass is 10.2. The molecule has 0 amide bonds. The standard InChI is InChI=1S/C20H22N2O4/c1-22(16-8-6-5-7-9-16)12-15-13-26-20(21-15)14-10-17(23-2)19(25-4)18(11-14)24-3/h5-11,13H,12H2,1-4H3. The van der Waals surface area contributed by atoms with Crippen LogP contribution in [0.1, 0.15) is 5.69 Å². The van der Waals surface area contributed by atoms with Crippen LogP contribution in [0.5, 0.6) is 17.2 Å². The summed E-state index contributed by atoms with van der Waals surface area (Å²) in [5, 5.41) is 0. The van der Waals surface area contributed by atoms with Crippen molar-refractivity contribution in [1.82, 2.24) is 4.98 Å². The van der Waals surface area contributed by atoms with Crippen molar-refractivity contribution in [1.29, 1.82) is 0 Å². The second-order valence-electron chi connectivity index (χ2n) is 5.75. The van der Waals surface area contributed by atoms with E-state index in [1.165, 1.54) is 0 Å². The first-order valence-electron chi connectivity index (χ1n) is 8.17. The molecule has 1 heterocycles. The van der Waals surface area contributed by atoms with Crippen LogP contribution >= 0.6 is 0 Å². The van der Waals surface area contributed by atoms with Gasteiger partial charge in [0, 0.05) is 18.3 Å². The SMILES string of the molecule is COc1cc(-c2nc(CN(C)c3ccccc3)co2)cc(OC)c1OC. The Hall–Kier alpha value is -3.15. The quantitative estimate of drug-likeness (QED) is 0.639. The lowest BCUT2D eigenvalue weighted by Crippen LogP contribution is -2.16. The molecule has 1 aromatic heterocycles. The van der Waals surface area contributed by atoms with E-state index in [4.69, 9.17) is 18.6 Å². The highest BCUT2D eigenvalue weighted by atomic mass is 16.5. The Morgan fingerprint density at radius 3 is 2.19 bits per heavy atom. The molecule has 0 atom stereocenters. The van der Waals surface area contributed by atoms with Gasteiger partial charge in [-0.3, -0.25) is 0 Å². The lowest BCUT2D eigenvalue weighted by Gasteiger charge is -2.17.